The third-order valence-electron chi connectivity index (χ3n) is 4.43. The van der Waals surface area contributed by atoms with Crippen molar-refractivity contribution >= 4 is 5.91 Å². The Bertz CT molecular complexity index is 833. The SMILES string of the molecule is Cc1ccc(-c2cc(C(=O)N3CCCC(n4ccnc4)C3)n[nH]2)o1. The molecule has 1 amide bonds. The minimum Gasteiger partial charge on any atom is -0.460 e. The lowest BCUT2D eigenvalue weighted by atomic mass is 10.1. The summed E-state index contributed by atoms with van der Waals surface area (Å²) in [7, 11) is 0. The van der Waals surface area contributed by atoms with Gasteiger partial charge in [-0.25, -0.2) is 4.98 Å². The standard InChI is InChI=1S/C17H19N5O2/c1-12-4-5-16(24-12)14-9-15(20-19-14)17(23)21-7-2-3-13(10-21)22-8-6-18-11-22/h4-6,8-9,11,13H,2-3,7,10H2,1H3,(H,19,20). The second kappa shape index (κ2) is 5.99. The zero-order valence-electron chi connectivity index (χ0n) is 13.5. The molecule has 124 valence electrons. The summed E-state index contributed by atoms with van der Waals surface area (Å²) in [6.07, 6.45) is 7.56. The summed E-state index contributed by atoms with van der Waals surface area (Å²) in [4.78, 5) is 18.7. The summed E-state index contributed by atoms with van der Waals surface area (Å²) in [6.45, 7) is 3.32. The maximum atomic E-state index is 12.8. The fourth-order valence-electron chi connectivity index (χ4n) is 3.17. The third kappa shape index (κ3) is 2.73. The fraction of sp³-hybridized carbons (Fsp3) is 0.353. The number of aryl methyl sites for hydroxylation is 1. The molecule has 1 fully saturated rings. The number of H-pyrrole nitrogens is 1. The number of aromatic nitrogens is 4. The molecule has 1 aliphatic rings. The minimum atomic E-state index is -0.0504. The molecule has 7 nitrogen and oxygen atoms in total. The first-order valence-electron chi connectivity index (χ1n) is 8.09. The van der Waals surface area contributed by atoms with E-state index in [-0.39, 0.29) is 11.9 Å². The van der Waals surface area contributed by atoms with Crippen LogP contribution in [0.15, 0.2) is 41.3 Å². The molecular weight excluding hydrogens is 306 g/mol. The van der Waals surface area contributed by atoms with Gasteiger partial charge in [-0.1, -0.05) is 0 Å². The van der Waals surface area contributed by atoms with Crippen molar-refractivity contribution in [2.24, 2.45) is 0 Å². The summed E-state index contributed by atoms with van der Waals surface area (Å²) >= 11 is 0. The Morgan fingerprint density at radius 2 is 2.33 bits per heavy atom. The van der Waals surface area contributed by atoms with Gasteiger partial charge in [-0.15, -0.1) is 0 Å². The minimum absolute atomic E-state index is 0.0504. The van der Waals surface area contributed by atoms with Crippen molar-refractivity contribution in [1.82, 2.24) is 24.6 Å². The number of hydrogen-bond acceptors (Lipinski definition) is 4. The van der Waals surface area contributed by atoms with Crippen molar-refractivity contribution < 1.29 is 9.21 Å². The highest BCUT2D eigenvalue weighted by molar-refractivity contribution is 5.93. The Labute approximate surface area is 139 Å². The van der Waals surface area contributed by atoms with E-state index in [4.69, 9.17) is 4.42 Å². The van der Waals surface area contributed by atoms with Crippen LogP contribution in [0.2, 0.25) is 0 Å². The molecule has 0 radical (unpaired) electrons. The average Bonchev–Trinajstić information content (AvgIpc) is 3.35. The lowest BCUT2D eigenvalue weighted by molar-refractivity contribution is 0.0673. The number of nitrogens with one attached hydrogen (secondary N) is 1. The van der Waals surface area contributed by atoms with Crippen molar-refractivity contribution in [3.63, 3.8) is 0 Å². The zero-order valence-corrected chi connectivity index (χ0v) is 13.5. The van der Waals surface area contributed by atoms with Crippen LogP contribution in [0.3, 0.4) is 0 Å². The molecular formula is C17H19N5O2. The van der Waals surface area contributed by atoms with Gasteiger partial charge < -0.3 is 13.9 Å². The normalized spacial score (nSPS) is 18.0. The number of hydrogen-bond donors (Lipinski definition) is 1. The van der Waals surface area contributed by atoms with E-state index in [0.717, 1.165) is 30.8 Å². The molecule has 24 heavy (non-hydrogen) atoms. The number of carbonyl (C=O) groups is 1. The molecule has 3 aromatic rings. The summed E-state index contributed by atoms with van der Waals surface area (Å²) in [5.74, 6) is 1.46. The third-order valence-corrected chi connectivity index (χ3v) is 4.43. The van der Waals surface area contributed by atoms with Gasteiger partial charge in [-0.05, 0) is 31.9 Å². The van der Waals surface area contributed by atoms with Crippen LogP contribution >= 0.6 is 0 Å². The second-order valence-corrected chi connectivity index (χ2v) is 6.13. The van der Waals surface area contributed by atoms with Gasteiger partial charge in [0, 0.05) is 31.5 Å². The van der Waals surface area contributed by atoms with Gasteiger partial charge in [0.25, 0.3) is 5.91 Å². The summed E-state index contributed by atoms with van der Waals surface area (Å²) in [6, 6.07) is 5.78. The van der Waals surface area contributed by atoms with Gasteiger partial charge in [0.05, 0.1) is 12.4 Å². The Hall–Kier alpha value is -2.83. The van der Waals surface area contributed by atoms with Crippen molar-refractivity contribution in [3.05, 3.63) is 48.4 Å². The highest BCUT2D eigenvalue weighted by Crippen LogP contribution is 2.24. The van der Waals surface area contributed by atoms with Gasteiger partial charge in [0.15, 0.2) is 11.5 Å². The van der Waals surface area contributed by atoms with Crippen LogP contribution in [0, 0.1) is 6.92 Å². The number of likely N-dealkylation sites (tertiary alicyclic amines) is 1. The molecule has 0 bridgehead atoms. The van der Waals surface area contributed by atoms with Crippen molar-refractivity contribution in [2.75, 3.05) is 13.1 Å². The van der Waals surface area contributed by atoms with E-state index in [9.17, 15) is 4.79 Å². The first-order valence-corrected chi connectivity index (χ1v) is 8.09. The fourth-order valence-corrected chi connectivity index (χ4v) is 3.17. The van der Waals surface area contributed by atoms with Gasteiger partial charge in [0.1, 0.15) is 11.5 Å². The van der Waals surface area contributed by atoms with Crippen LogP contribution in [-0.4, -0.2) is 43.6 Å². The molecule has 3 aromatic heterocycles. The van der Waals surface area contributed by atoms with E-state index in [1.165, 1.54) is 0 Å². The van der Waals surface area contributed by atoms with E-state index in [2.05, 4.69) is 19.7 Å². The Balaban J connectivity index is 1.50. The quantitative estimate of drug-likeness (QED) is 0.803. The topological polar surface area (TPSA) is 80.0 Å². The second-order valence-electron chi connectivity index (χ2n) is 6.13. The molecule has 1 atom stereocenters. The molecule has 0 spiro atoms. The lowest BCUT2D eigenvalue weighted by Gasteiger charge is -2.32. The molecule has 1 saturated heterocycles. The molecule has 7 heteroatoms. The first kappa shape index (κ1) is 14.7. The number of imidazole rings is 1. The summed E-state index contributed by atoms with van der Waals surface area (Å²) in [5, 5.41) is 7.06. The predicted molar refractivity (Wildman–Crippen MR) is 87.4 cm³/mol. The molecule has 0 saturated carbocycles. The molecule has 0 aromatic carbocycles. The van der Waals surface area contributed by atoms with E-state index in [1.54, 1.807) is 12.3 Å². The number of amides is 1. The lowest BCUT2D eigenvalue weighted by Crippen LogP contribution is -2.40. The molecule has 4 heterocycles. The number of furan rings is 1. The van der Waals surface area contributed by atoms with E-state index >= 15 is 0 Å². The Morgan fingerprint density at radius 1 is 1.42 bits per heavy atom. The average molecular weight is 325 g/mol. The van der Waals surface area contributed by atoms with Crippen LogP contribution in [0.25, 0.3) is 11.5 Å². The van der Waals surface area contributed by atoms with Gasteiger partial charge >= 0.3 is 0 Å². The monoisotopic (exact) mass is 325 g/mol. The van der Waals surface area contributed by atoms with E-state index in [0.29, 0.717) is 18.0 Å². The molecule has 1 unspecified atom stereocenters. The summed E-state index contributed by atoms with van der Waals surface area (Å²) in [5.41, 5.74) is 1.14. The zero-order chi connectivity index (χ0) is 16.5. The number of nitrogens with zero attached hydrogens (tertiary/aromatic N) is 4. The smallest absolute Gasteiger partial charge is 0.274 e. The number of carbonyl (C=O) groups excluding carboxylic acids is 1. The van der Waals surface area contributed by atoms with Crippen LogP contribution in [0.1, 0.15) is 35.1 Å². The van der Waals surface area contributed by atoms with Gasteiger partial charge in [-0.3, -0.25) is 9.89 Å². The van der Waals surface area contributed by atoms with E-state index < -0.39 is 0 Å². The van der Waals surface area contributed by atoms with Gasteiger partial charge in [0.2, 0.25) is 0 Å². The number of aromatic amines is 1. The Kier molecular flexibility index (Phi) is 3.68. The number of rotatable bonds is 3. The summed E-state index contributed by atoms with van der Waals surface area (Å²) < 4.78 is 7.64. The predicted octanol–water partition coefficient (Wildman–Crippen LogP) is 2.65. The molecule has 1 N–H and O–H groups in total. The van der Waals surface area contributed by atoms with Crippen LogP contribution in [0.4, 0.5) is 0 Å². The van der Waals surface area contributed by atoms with Crippen LogP contribution in [-0.2, 0) is 0 Å². The Morgan fingerprint density at radius 3 is 3.08 bits per heavy atom. The van der Waals surface area contributed by atoms with Crippen LogP contribution in [0.5, 0.6) is 0 Å². The molecule has 1 aliphatic heterocycles. The maximum absolute atomic E-state index is 12.8. The maximum Gasteiger partial charge on any atom is 0.274 e. The van der Waals surface area contributed by atoms with Crippen LogP contribution < -0.4 is 0 Å². The highest BCUT2D eigenvalue weighted by Gasteiger charge is 2.26. The first-order chi connectivity index (χ1) is 11.7. The van der Waals surface area contributed by atoms with Crippen molar-refractivity contribution in [1.29, 1.82) is 0 Å². The van der Waals surface area contributed by atoms with Gasteiger partial charge in [-0.2, -0.15) is 5.10 Å². The molecule has 0 aliphatic carbocycles. The highest BCUT2D eigenvalue weighted by atomic mass is 16.3. The van der Waals surface area contributed by atoms with Crippen molar-refractivity contribution in [3.8, 4) is 11.5 Å². The number of piperidine rings is 1. The molecule has 4 rings (SSSR count). The largest absolute Gasteiger partial charge is 0.460 e. The van der Waals surface area contributed by atoms with Crippen molar-refractivity contribution in [2.45, 2.75) is 25.8 Å². The van der Waals surface area contributed by atoms with E-state index in [1.807, 2.05) is 36.5 Å².